The fourth-order valence-electron chi connectivity index (χ4n) is 5.81. The van der Waals surface area contributed by atoms with E-state index in [1.165, 1.54) is 44.9 Å². The van der Waals surface area contributed by atoms with Crippen LogP contribution in [0.2, 0.25) is 0 Å². The van der Waals surface area contributed by atoms with E-state index in [0.29, 0.717) is 24.3 Å². The molecule has 8 rings (SSSR count). The van der Waals surface area contributed by atoms with E-state index in [1.807, 2.05) is 45.4 Å². The Morgan fingerprint density at radius 3 is 1.38 bits per heavy atom. The molecule has 0 aliphatic heterocycles. The highest BCUT2D eigenvalue weighted by Crippen LogP contribution is 2.42. The molecule has 0 radical (unpaired) electrons. The zero-order valence-electron chi connectivity index (χ0n) is 26.3. The predicted octanol–water partition coefficient (Wildman–Crippen LogP) is 8.23. The van der Waals surface area contributed by atoms with Gasteiger partial charge >= 0.3 is 0 Å². The van der Waals surface area contributed by atoms with Gasteiger partial charge in [0.05, 0.1) is 11.1 Å². The van der Waals surface area contributed by atoms with Crippen molar-refractivity contribution in [3.8, 4) is 32.6 Å². The van der Waals surface area contributed by atoms with Gasteiger partial charge in [-0.15, -0.1) is 20.4 Å². The SMILES string of the molecule is Cc1ccccc1Cc1nnc2sc(-c3c(C)cccc3Oc3cccc(C)c3-c3nn4c(Cc5ccccc5C)nnc4s3)nn12. The zero-order valence-corrected chi connectivity index (χ0v) is 27.9. The van der Waals surface area contributed by atoms with Crippen LogP contribution in [0.4, 0.5) is 0 Å². The summed E-state index contributed by atoms with van der Waals surface area (Å²) in [6.07, 6.45) is 1.31. The Hall–Kier alpha value is -5.26. The van der Waals surface area contributed by atoms with Crippen molar-refractivity contribution in [2.45, 2.75) is 40.5 Å². The van der Waals surface area contributed by atoms with E-state index >= 15 is 0 Å². The van der Waals surface area contributed by atoms with Gasteiger partial charge in [0.25, 0.3) is 0 Å². The molecular formula is C36H30N8OS2. The molecule has 0 bridgehead atoms. The van der Waals surface area contributed by atoms with E-state index in [2.05, 4.69) is 96.6 Å². The largest absolute Gasteiger partial charge is 0.456 e. The van der Waals surface area contributed by atoms with E-state index in [-0.39, 0.29) is 0 Å². The second-order valence-electron chi connectivity index (χ2n) is 11.6. The second-order valence-corrected chi connectivity index (χ2v) is 13.6. The highest BCUT2D eigenvalue weighted by molar-refractivity contribution is 7.20. The third-order valence-electron chi connectivity index (χ3n) is 8.45. The van der Waals surface area contributed by atoms with Crippen molar-refractivity contribution in [1.82, 2.24) is 39.6 Å². The van der Waals surface area contributed by atoms with Crippen molar-refractivity contribution >= 4 is 32.6 Å². The van der Waals surface area contributed by atoms with Gasteiger partial charge in [0.15, 0.2) is 21.7 Å². The van der Waals surface area contributed by atoms with Gasteiger partial charge in [0.1, 0.15) is 11.5 Å². The van der Waals surface area contributed by atoms with Gasteiger partial charge < -0.3 is 4.74 Å². The lowest BCUT2D eigenvalue weighted by Gasteiger charge is -2.15. The quantitative estimate of drug-likeness (QED) is 0.163. The molecule has 0 N–H and O–H groups in total. The molecule has 4 aromatic carbocycles. The summed E-state index contributed by atoms with van der Waals surface area (Å²) in [5, 5.41) is 29.5. The van der Waals surface area contributed by atoms with Gasteiger partial charge in [-0.1, -0.05) is 95.5 Å². The average molecular weight is 655 g/mol. The molecule has 0 saturated carbocycles. The minimum Gasteiger partial charge on any atom is -0.456 e. The summed E-state index contributed by atoms with van der Waals surface area (Å²) in [4.78, 5) is 1.49. The number of aryl methyl sites for hydroxylation is 4. The normalized spacial score (nSPS) is 11.6. The summed E-state index contributed by atoms with van der Waals surface area (Å²) in [6, 6.07) is 28.8. The van der Waals surface area contributed by atoms with Crippen molar-refractivity contribution in [2.75, 3.05) is 0 Å². The van der Waals surface area contributed by atoms with Crippen LogP contribution in [0.25, 0.3) is 31.1 Å². The van der Waals surface area contributed by atoms with Crippen LogP contribution in [-0.4, -0.2) is 39.6 Å². The highest BCUT2D eigenvalue weighted by Gasteiger charge is 2.22. The van der Waals surface area contributed by atoms with Gasteiger partial charge in [0, 0.05) is 12.8 Å². The maximum absolute atomic E-state index is 6.78. The van der Waals surface area contributed by atoms with Gasteiger partial charge in [-0.2, -0.15) is 19.2 Å². The number of aromatic nitrogens is 8. The molecule has 0 atom stereocenters. The summed E-state index contributed by atoms with van der Waals surface area (Å²) in [7, 11) is 0. The molecule has 0 aliphatic carbocycles. The number of nitrogens with zero attached hydrogens (tertiary/aromatic N) is 8. The van der Waals surface area contributed by atoms with Crippen LogP contribution in [0.3, 0.4) is 0 Å². The minimum absolute atomic E-state index is 0.653. The Bertz CT molecular complexity index is 2250. The minimum atomic E-state index is 0.653. The monoisotopic (exact) mass is 654 g/mol. The molecule has 232 valence electrons. The maximum Gasteiger partial charge on any atom is 0.234 e. The van der Waals surface area contributed by atoms with Crippen molar-refractivity contribution in [3.05, 3.63) is 130 Å². The van der Waals surface area contributed by atoms with Gasteiger partial charge in [-0.25, -0.2) is 0 Å². The van der Waals surface area contributed by atoms with Crippen LogP contribution in [0.1, 0.15) is 45.0 Å². The topological polar surface area (TPSA) is 95.4 Å². The third kappa shape index (κ3) is 5.37. The number of hydrogen-bond donors (Lipinski definition) is 0. The Labute approximate surface area is 279 Å². The van der Waals surface area contributed by atoms with Crippen LogP contribution < -0.4 is 4.74 Å². The predicted molar refractivity (Wildman–Crippen MR) is 186 cm³/mol. The van der Waals surface area contributed by atoms with E-state index < -0.39 is 0 Å². The Morgan fingerprint density at radius 1 is 0.511 bits per heavy atom. The maximum atomic E-state index is 6.78. The van der Waals surface area contributed by atoms with Crippen molar-refractivity contribution in [2.24, 2.45) is 0 Å². The number of fused-ring (bicyclic) bond motifs is 2. The lowest BCUT2D eigenvalue weighted by atomic mass is 10.1. The lowest BCUT2D eigenvalue weighted by Crippen LogP contribution is -2.00. The molecule has 0 aliphatic rings. The second kappa shape index (κ2) is 11.8. The van der Waals surface area contributed by atoms with Gasteiger partial charge in [-0.3, -0.25) is 0 Å². The molecule has 0 fully saturated rings. The average Bonchev–Trinajstić information content (AvgIpc) is 3.83. The first-order valence-electron chi connectivity index (χ1n) is 15.3. The lowest BCUT2D eigenvalue weighted by molar-refractivity contribution is 0.485. The zero-order chi connectivity index (χ0) is 32.1. The van der Waals surface area contributed by atoms with E-state index in [0.717, 1.165) is 53.8 Å². The Kier molecular flexibility index (Phi) is 7.34. The van der Waals surface area contributed by atoms with Crippen molar-refractivity contribution in [1.29, 1.82) is 0 Å². The fourth-order valence-corrected chi connectivity index (χ4v) is 7.76. The molecule has 47 heavy (non-hydrogen) atoms. The first kappa shape index (κ1) is 29.2. The summed E-state index contributed by atoms with van der Waals surface area (Å²) < 4.78 is 10.5. The molecule has 4 aromatic heterocycles. The van der Waals surface area contributed by atoms with Gasteiger partial charge in [0.2, 0.25) is 9.92 Å². The molecule has 0 amide bonds. The molecule has 0 unspecified atom stereocenters. The van der Waals surface area contributed by atoms with Crippen LogP contribution in [0.5, 0.6) is 11.5 Å². The summed E-state index contributed by atoms with van der Waals surface area (Å²) in [6.45, 7) is 8.38. The molecule has 11 heteroatoms. The number of benzene rings is 4. The summed E-state index contributed by atoms with van der Waals surface area (Å²) in [5.41, 5.74) is 8.81. The molecule has 8 aromatic rings. The number of hydrogen-bond acceptors (Lipinski definition) is 9. The number of rotatable bonds is 8. The highest BCUT2D eigenvalue weighted by atomic mass is 32.1. The molecule has 9 nitrogen and oxygen atoms in total. The standard InChI is InChI=1S/C36H30N8OS2/c1-21-11-5-7-15-25(21)19-29-37-39-35-43(29)41-33(46-35)31-23(3)13-9-17-27(31)45-28-18-10-14-24(4)32(28)34-42-44-30(38-40-36(44)47-34)20-26-16-8-6-12-22(26)2/h5-18H,19-20H2,1-4H3. The molecule has 0 saturated heterocycles. The van der Waals surface area contributed by atoms with Crippen molar-refractivity contribution < 1.29 is 4.74 Å². The van der Waals surface area contributed by atoms with E-state index in [1.54, 1.807) is 0 Å². The molecule has 0 spiro atoms. The molecule has 4 heterocycles. The van der Waals surface area contributed by atoms with Gasteiger partial charge in [-0.05, 0) is 73.2 Å². The van der Waals surface area contributed by atoms with Crippen LogP contribution in [-0.2, 0) is 12.8 Å². The smallest absolute Gasteiger partial charge is 0.234 e. The summed E-state index contributed by atoms with van der Waals surface area (Å²) in [5.74, 6) is 3.04. The Morgan fingerprint density at radius 2 is 0.936 bits per heavy atom. The Balaban J connectivity index is 1.15. The third-order valence-corrected chi connectivity index (χ3v) is 10.3. The fraction of sp³-hybridized carbons (Fsp3) is 0.167. The van der Waals surface area contributed by atoms with E-state index in [9.17, 15) is 0 Å². The van der Waals surface area contributed by atoms with Crippen LogP contribution in [0.15, 0.2) is 84.9 Å². The number of ether oxygens (including phenoxy) is 1. The van der Waals surface area contributed by atoms with E-state index in [4.69, 9.17) is 14.9 Å². The first-order valence-corrected chi connectivity index (χ1v) is 17.0. The van der Waals surface area contributed by atoms with Crippen LogP contribution in [0, 0.1) is 27.7 Å². The van der Waals surface area contributed by atoms with Crippen LogP contribution >= 0.6 is 22.7 Å². The first-order chi connectivity index (χ1) is 22.9. The summed E-state index contributed by atoms with van der Waals surface area (Å²) >= 11 is 3.01. The van der Waals surface area contributed by atoms with Crippen molar-refractivity contribution in [3.63, 3.8) is 0 Å². The molecular weight excluding hydrogens is 625 g/mol.